The summed E-state index contributed by atoms with van der Waals surface area (Å²) in [6.45, 7) is 13.4. The summed E-state index contributed by atoms with van der Waals surface area (Å²) in [5.41, 5.74) is 3.05. The highest BCUT2D eigenvalue weighted by Gasteiger charge is 2.32. The summed E-state index contributed by atoms with van der Waals surface area (Å²) in [5.74, 6) is 0.769. The van der Waals surface area contributed by atoms with Gasteiger partial charge in [-0.3, -0.25) is 0 Å². The summed E-state index contributed by atoms with van der Waals surface area (Å²) in [6, 6.07) is 6.29. The predicted molar refractivity (Wildman–Crippen MR) is 88.6 cm³/mol. The number of hydrogen-bond acceptors (Lipinski definition) is 2. The van der Waals surface area contributed by atoms with Gasteiger partial charge in [-0.1, -0.05) is 39.3 Å². The van der Waals surface area contributed by atoms with Gasteiger partial charge in [0.05, 0.1) is 0 Å². The third-order valence-electron chi connectivity index (χ3n) is 4.36. The highest BCUT2D eigenvalue weighted by atomic mass is 35.5. The van der Waals surface area contributed by atoms with E-state index < -0.39 is 0 Å². The molecule has 0 aliphatic carbocycles. The topological polar surface area (TPSA) is 15.3 Å². The molecule has 1 saturated heterocycles. The predicted octanol–water partition coefficient (Wildman–Crippen LogP) is 4.32. The van der Waals surface area contributed by atoms with E-state index in [0.29, 0.717) is 5.41 Å². The molecule has 112 valence electrons. The third kappa shape index (κ3) is 3.67. The van der Waals surface area contributed by atoms with E-state index in [2.05, 4.69) is 50.0 Å². The van der Waals surface area contributed by atoms with Crippen LogP contribution in [0.4, 0.5) is 5.69 Å². The van der Waals surface area contributed by atoms with Gasteiger partial charge in [0.25, 0.3) is 0 Å². The zero-order chi connectivity index (χ0) is 14.8. The molecular weight excluding hydrogens is 268 g/mol. The molecule has 0 bridgehead atoms. The van der Waals surface area contributed by atoms with Crippen molar-refractivity contribution in [1.29, 1.82) is 0 Å². The van der Waals surface area contributed by atoms with Crippen molar-refractivity contribution < 1.29 is 0 Å². The first-order valence-corrected chi connectivity index (χ1v) is 8.03. The van der Waals surface area contributed by atoms with Crippen LogP contribution < -0.4 is 10.2 Å². The van der Waals surface area contributed by atoms with E-state index in [-0.39, 0.29) is 0 Å². The number of benzene rings is 1. The van der Waals surface area contributed by atoms with E-state index in [9.17, 15) is 0 Å². The minimum absolute atomic E-state index is 0.392. The van der Waals surface area contributed by atoms with Crippen LogP contribution in [0.3, 0.4) is 0 Å². The number of anilines is 1. The maximum absolute atomic E-state index is 6.16. The smallest absolute Gasteiger partial charge is 0.0412 e. The molecule has 1 heterocycles. The van der Waals surface area contributed by atoms with Crippen molar-refractivity contribution in [2.45, 2.75) is 40.7 Å². The molecule has 1 atom stereocenters. The normalized spacial score (nSPS) is 19.6. The van der Waals surface area contributed by atoms with Crippen LogP contribution >= 0.6 is 11.6 Å². The zero-order valence-electron chi connectivity index (χ0n) is 13.2. The Morgan fingerprint density at radius 3 is 2.70 bits per heavy atom. The zero-order valence-corrected chi connectivity index (χ0v) is 13.9. The van der Waals surface area contributed by atoms with Crippen molar-refractivity contribution in [3.05, 3.63) is 28.8 Å². The highest BCUT2D eigenvalue weighted by molar-refractivity contribution is 6.30. The van der Waals surface area contributed by atoms with E-state index in [1.54, 1.807) is 0 Å². The molecule has 0 saturated carbocycles. The highest BCUT2D eigenvalue weighted by Crippen LogP contribution is 2.37. The van der Waals surface area contributed by atoms with Crippen molar-refractivity contribution >= 4 is 17.3 Å². The van der Waals surface area contributed by atoms with Gasteiger partial charge in [-0.15, -0.1) is 0 Å². The van der Waals surface area contributed by atoms with Gasteiger partial charge in [-0.05, 0) is 48.1 Å². The second kappa shape index (κ2) is 6.36. The van der Waals surface area contributed by atoms with E-state index in [0.717, 1.165) is 37.1 Å². The SMILES string of the molecule is CCNCc1cc(Cl)ccc1N1CCC(C(C)(C)C)C1. The van der Waals surface area contributed by atoms with Crippen LogP contribution in [0.5, 0.6) is 0 Å². The first-order valence-electron chi connectivity index (χ1n) is 7.66. The van der Waals surface area contributed by atoms with Crippen LogP contribution in [0.25, 0.3) is 0 Å². The number of hydrogen-bond donors (Lipinski definition) is 1. The molecule has 1 fully saturated rings. The fourth-order valence-electron chi connectivity index (χ4n) is 2.95. The Morgan fingerprint density at radius 1 is 1.35 bits per heavy atom. The molecule has 0 radical (unpaired) electrons. The number of rotatable bonds is 4. The summed E-state index contributed by atoms with van der Waals surface area (Å²) in [4.78, 5) is 2.53. The van der Waals surface area contributed by atoms with Gasteiger partial charge in [0.1, 0.15) is 0 Å². The lowest BCUT2D eigenvalue weighted by molar-refractivity contribution is 0.263. The Balaban J connectivity index is 2.16. The molecular formula is C17H27ClN2. The Morgan fingerprint density at radius 2 is 2.10 bits per heavy atom. The molecule has 20 heavy (non-hydrogen) atoms. The Hall–Kier alpha value is -0.730. The Labute approximate surface area is 128 Å². The lowest BCUT2D eigenvalue weighted by Gasteiger charge is -2.28. The van der Waals surface area contributed by atoms with Gasteiger partial charge in [0.15, 0.2) is 0 Å². The monoisotopic (exact) mass is 294 g/mol. The van der Waals surface area contributed by atoms with E-state index in [1.807, 2.05) is 6.07 Å². The standard InChI is InChI=1S/C17H27ClN2/c1-5-19-11-13-10-15(18)6-7-16(13)20-9-8-14(12-20)17(2,3)4/h6-7,10,14,19H,5,8-9,11-12H2,1-4H3. The van der Waals surface area contributed by atoms with Crippen LogP contribution in [0.1, 0.15) is 39.7 Å². The fourth-order valence-corrected chi connectivity index (χ4v) is 3.14. The summed E-state index contributed by atoms with van der Waals surface area (Å²) >= 11 is 6.16. The summed E-state index contributed by atoms with van der Waals surface area (Å²) in [5, 5.41) is 4.24. The molecule has 1 aliphatic rings. The number of halogens is 1. The van der Waals surface area contributed by atoms with Gasteiger partial charge in [-0.25, -0.2) is 0 Å². The molecule has 0 aromatic heterocycles. The van der Waals surface area contributed by atoms with Gasteiger partial charge < -0.3 is 10.2 Å². The van der Waals surface area contributed by atoms with E-state index >= 15 is 0 Å². The number of nitrogens with zero attached hydrogens (tertiary/aromatic N) is 1. The second-order valence-electron chi connectivity index (χ2n) is 6.85. The van der Waals surface area contributed by atoms with Crippen molar-refractivity contribution in [1.82, 2.24) is 5.32 Å². The molecule has 0 amide bonds. The lowest BCUT2D eigenvalue weighted by atomic mass is 9.80. The van der Waals surface area contributed by atoms with E-state index in [4.69, 9.17) is 11.6 Å². The maximum Gasteiger partial charge on any atom is 0.0412 e. The first-order chi connectivity index (χ1) is 9.41. The maximum atomic E-state index is 6.16. The molecule has 2 nitrogen and oxygen atoms in total. The van der Waals surface area contributed by atoms with Crippen LogP contribution in [0, 0.1) is 11.3 Å². The minimum Gasteiger partial charge on any atom is -0.371 e. The molecule has 2 rings (SSSR count). The summed E-state index contributed by atoms with van der Waals surface area (Å²) in [7, 11) is 0. The van der Waals surface area contributed by atoms with Crippen LogP contribution in [0.2, 0.25) is 5.02 Å². The minimum atomic E-state index is 0.392. The molecule has 0 spiro atoms. The Kier molecular flexibility index (Phi) is 4.98. The van der Waals surface area contributed by atoms with Gasteiger partial charge in [0, 0.05) is 30.3 Å². The van der Waals surface area contributed by atoms with Gasteiger partial charge in [0.2, 0.25) is 0 Å². The molecule has 1 aliphatic heterocycles. The largest absolute Gasteiger partial charge is 0.371 e. The van der Waals surface area contributed by atoms with Crippen molar-refractivity contribution in [2.24, 2.45) is 11.3 Å². The van der Waals surface area contributed by atoms with Crippen molar-refractivity contribution in [2.75, 3.05) is 24.5 Å². The second-order valence-corrected chi connectivity index (χ2v) is 7.29. The fraction of sp³-hybridized carbons (Fsp3) is 0.647. The average molecular weight is 295 g/mol. The molecule has 1 aromatic rings. The molecule has 1 aromatic carbocycles. The summed E-state index contributed by atoms with van der Waals surface area (Å²) < 4.78 is 0. The molecule has 3 heteroatoms. The van der Waals surface area contributed by atoms with Crippen LogP contribution in [-0.2, 0) is 6.54 Å². The first kappa shape index (κ1) is 15.7. The van der Waals surface area contributed by atoms with E-state index in [1.165, 1.54) is 17.7 Å². The molecule has 1 unspecified atom stereocenters. The summed E-state index contributed by atoms with van der Waals surface area (Å²) in [6.07, 6.45) is 1.28. The average Bonchev–Trinajstić information content (AvgIpc) is 2.85. The lowest BCUT2D eigenvalue weighted by Crippen LogP contribution is -2.27. The molecule has 1 N–H and O–H groups in total. The third-order valence-corrected chi connectivity index (χ3v) is 4.60. The van der Waals surface area contributed by atoms with Crippen molar-refractivity contribution in [3.8, 4) is 0 Å². The van der Waals surface area contributed by atoms with Gasteiger partial charge >= 0.3 is 0 Å². The Bertz CT molecular complexity index is 451. The van der Waals surface area contributed by atoms with Crippen molar-refractivity contribution in [3.63, 3.8) is 0 Å². The van der Waals surface area contributed by atoms with Crippen LogP contribution in [-0.4, -0.2) is 19.6 Å². The van der Waals surface area contributed by atoms with Gasteiger partial charge in [-0.2, -0.15) is 0 Å². The van der Waals surface area contributed by atoms with Crippen LogP contribution in [0.15, 0.2) is 18.2 Å². The number of nitrogens with one attached hydrogen (secondary N) is 1. The quantitative estimate of drug-likeness (QED) is 0.889.